The molecular formula is C21H34F3N3O5SSi. The highest BCUT2D eigenvalue weighted by molar-refractivity contribution is 7.80. The van der Waals surface area contributed by atoms with Gasteiger partial charge in [-0.1, -0.05) is 20.8 Å². The van der Waals surface area contributed by atoms with E-state index in [4.69, 9.17) is 26.1 Å². The zero-order valence-electron chi connectivity index (χ0n) is 20.6. The zero-order chi connectivity index (χ0) is 26.3. The number of hydrogen-bond donors (Lipinski definition) is 2. The summed E-state index contributed by atoms with van der Waals surface area (Å²) >= 11 is 5.20. The molecule has 2 N–H and O–H groups in total. The van der Waals surface area contributed by atoms with Crippen LogP contribution >= 0.6 is 12.2 Å². The minimum Gasteiger partial charge on any atom is -0.461 e. The largest absolute Gasteiger partial charge is 0.461 e. The van der Waals surface area contributed by atoms with Crippen molar-refractivity contribution in [3.05, 3.63) is 18.0 Å². The van der Waals surface area contributed by atoms with Gasteiger partial charge in [-0.05, 0) is 50.3 Å². The number of carbonyl (C=O) groups excluding carboxylic acids is 2. The first-order valence-corrected chi connectivity index (χ1v) is 14.1. The van der Waals surface area contributed by atoms with E-state index >= 15 is 8.78 Å². The molecule has 0 aliphatic heterocycles. The van der Waals surface area contributed by atoms with Crippen LogP contribution in [-0.4, -0.2) is 68.9 Å². The molecule has 1 amide bonds. The van der Waals surface area contributed by atoms with Gasteiger partial charge in [0.25, 0.3) is 5.85 Å². The smallest absolute Gasteiger partial charge is 0.413 e. The quantitative estimate of drug-likeness (QED) is 0.252. The summed E-state index contributed by atoms with van der Waals surface area (Å²) in [7, 11) is -2.92. The summed E-state index contributed by atoms with van der Waals surface area (Å²) in [6.45, 7) is 9.40. The molecule has 0 fully saturated rings. The Morgan fingerprint density at radius 2 is 1.82 bits per heavy atom. The lowest BCUT2D eigenvalue weighted by atomic mass is 10.2. The summed E-state index contributed by atoms with van der Waals surface area (Å²) < 4.78 is 60.1. The molecule has 194 valence electrons. The number of hydrogen-bond acceptors (Lipinski definition) is 6. The van der Waals surface area contributed by atoms with Gasteiger partial charge in [0.15, 0.2) is 26.3 Å². The second-order valence-corrected chi connectivity index (χ2v) is 14.1. The SMILES string of the molecule is CCOC(=O)NC(=S)N(CC(F)C(F)(CF)O[Si](C)(C)C(C)(C)C)c1cc[nH]c1C(=O)OCC. The van der Waals surface area contributed by atoms with Crippen molar-refractivity contribution in [1.82, 2.24) is 10.3 Å². The van der Waals surface area contributed by atoms with Crippen LogP contribution in [0.2, 0.25) is 18.1 Å². The number of nitrogens with zero attached hydrogens (tertiary/aromatic N) is 1. The molecule has 0 saturated carbocycles. The number of thiocarbonyl (C=S) groups is 1. The first-order chi connectivity index (χ1) is 15.6. The molecule has 1 aromatic heterocycles. The number of alkyl carbamates (subject to hydrolysis) is 1. The fourth-order valence-corrected chi connectivity index (χ4v) is 4.21. The monoisotopic (exact) mass is 525 g/mol. The molecule has 1 aromatic rings. The van der Waals surface area contributed by atoms with Crippen molar-refractivity contribution in [2.75, 3.05) is 31.3 Å². The molecular weight excluding hydrogens is 491 g/mol. The fraction of sp³-hybridized carbons (Fsp3) is 0.667. The molecule has 0 saturated heterocycles. The molecule has 0 aliphatic rings. The van der Waals surface area contributed by atoms with E-state index in [-0.39, 0.29) is 29.7 Å². The van der Waals surface area contributed by atoms with Gasteiger partial charge in [-0.15, -0.1) is 0 Å². The van der Waals surface area contributed by atoms with Gasteiger partial charge in [0.2, 0.25) is 0 Å². The van der Waals surface area contributed by atoms with Gasteiger partial charge in [0.1, 0.15) is 5.69 Å². The number of amides is 1. The second-order valence-electron chi connectivity index (χ2n) is 8.97. The fourth-order valence-electron chi connectivity index (χ4n) is 2.61. The van der Waals surface area contributed by atoms with Crippen molar-refractivity contribution in [2.24, 2.45) is 0 Å². The van der Waals surface area contributed by atoms with Crippen LogP contribution in [0.4, 0.5) is 23.7 Å². The third-order valence-electron chi connectivity index (χ3n) is 5.45. The van der Waals surface area contributed by atoms with Gasteiger partial charge < -0.3 is 23.8 Å². The third kappa shape index (κ3) is 7.44. The van der Waals surface area contributed by atoms with Gasteiger partial charge in [0, 0.05) is 6.20 Å². The van der Waals surface area contributed by atoms with E-state index in [1.54, 1.807) is 47.7 Å². The van der Waals surface area contributed by atoms with Crippen LogP contribution in [0.5, 0.6) is 0 Å². The van der Waals surface area contributed by atoms with E-state index < -0.39 is 50.7 Å². The first kappa shape index (κ1) is 29.9. The standard InChI is InChI=1S/C21H34F3N3O5SSi/c1-8-30-17(28)16-14(10-11-25-16)27(18(33)26-19(29)31-9-2)12-15(23)21(24,13-22)32-34(6,7)20(3,4)5/h10-11,15,25H,8-9,12-13H2,1-7H3,(H,26,29,33). The lowest BCUT2D eigenvalue weighted by Gasteiger charge is -2.42. The molecule has 2 atom stereocenters. The van der Waals surface area contributed by atoms with Gasteiger partial charge in [-0.3, -0.25) is 5.32 Å². The summed E-state index contributed by atoms with van der Waals surface area (Å²) in [5.74, 6) is -4.06. The second kappa shape index (κ2) is 12.0. The summed E-state index contributed by atoms with van der Waals surface area (Å²) in [5, 5.41) is 1.32. The molecule has 34 heavy (non-hydrogen) atoms. The maximum Gasteiger partial charge on any atom is 0.413 e. The van der Waals surface area contributed by atoms with Crippen LogP contribution in [0, 0.1) is 0 Å². The third-order valence-corrected chi connectivity index (χ3v) is 10.2. The molecule has 0 bridgehead atoms. The van der Waals surface area contributed by atoms with Crippen molar-refractivity contribution in [3.8, 4) is 0 Å². The Morgan fingerprint density at radius 3 is 2.32 bits per heavy atom. The lowest BCUT2D eigenvalue weighted by Crippen LogP contribution is -2.56. The summed E-state index contributed by atoms with van der Waals surface area (Å²) in [6.07, 6.45) is -2.12. The van der Waals surface area contributed by atoms with Crippen molar-refractivity contribution in [2.45, 2.75) is 64.8 Å². The van der Waals surface area contributed by atoms with Gasteiger partial charge in [-0.25, -0.2) is 22.8 Å². The minimum atomic E-state index is -3.28. The Balaban J connectivity index is 3.35. The lowest BCUT2D eigenvalue weighted by molar-refractivity contribution is -0.139. The van der Waals surface area contributed by atoms with Gasteiger partial charge in [-0.2, -0.15) is 0 Å². The molecule has 2 unspecified atom stereocenters. The van der Waals surface area contributed by atoms with Crippen LogP contribution < -0.4 is 10.2 Å². The summed E-state index contributed by atoms with van der Waals surface area (Å²) in [5.41, 5.74) is -0.117. The van der Waals surface area contributed by atoms with Crippen molar-refractivity contribution in [1.29, 1.82) is 0 Å². The predicted molar refractivity (Wildman–Crippen MR) is 130 cm³/mol. The predicted octanol–water partition coefficient (Wildman–Crippen LogP) is 5.02. The van der Waals surface area contributed by atoms with Gasteiger partial charge >= 0.3 is 12.1 Å². The molecule has 0 radical (unpaired) electrons. The average molecular weight is 526 g/mol. The highest BCUT2D eigenvalue weighted by Crippen LogP contribution is 2.41. The van der Waals surface area contributed by atoms with Gasteiger partial charge in [0.05, 0.1) is 25.4 Å². The Kier molecular flexibility index (Phi) is 10.6. The number of ether oxygens (including phenoxy) is 2. The highest BCUT2D eigenvalue weighted by atomic mass is 32.1. The summed E-state index contributed by atoms with van der Waals surface area (Å²) in [4.78, 5) is 27.8. The normalized spacial score (nSPS) is 14.6. The van der Waals surface area contributed by atoms with E-state index in [0.717, 1.165) is 4.90 Å². The summed E-state index contributed by atoms with van der Waals surface area (Å²) in [6, 6.07) is 1.36. The van der Waals surface area contributed by atoms with E-state index in [9.17, 15) is 14.0 Å². The van der Waals surface area contributed by atoms with Crippen LogP contribution in [0.1, 0.15) is 45.1 Å². The number of anilines is 1. The Hall–Kier alpha value is -2.12. The van der Waals surface area contributed by atoms with Crippen LogP contribution in [0.3, 0.4) is 0 Å². The number of H-pyrrole nitrogens is 1. The molecule has 0 spiro atoms. The first-order valence-electron chi connectivity index (χ1n) is 10.8. The molecule has 1 rings (SSSR count). The van der Waals surface area contributed by atoms with Crippen molar-refractivity contribution in [3.63, 3.8) is 0 Å². The van der Waals surface area contributed by atoms with E-state index in [1.165, 1.54) is 12.3 Å². The number of aromatic nitrogens is 1. The Bertz CT molecular complexity index is 865. The number of halogens is 3. The average Bonchev–Trinajstić information content (AvgIpc) is 3.20. The molecule has 0 aromatic carbocycles. The number of esters is 1. The molecule has 13 heteroatoms. The molecule has 0 aliphatic carbocycles. The number of aromatic amines is 1. The van der Waals surface area contributed by atoms with E-state index in [1.807, 2.05) is 0 Å². The maximum atomic E-state index is 15.6. The van der Waals surface area contributed by atoms with Crippen molar-refractivity contribution >= 4 is 43.4 Å². The number of alkyl halides is 3. The van der Waals surface area contributed by atoms with Crippen molar-refractivity contribution < 1.29 is 36.7 Å². The molecule has 8 nitrogen and oxygen atoms in total. The number of carbonyl (C=O) groups is 2. The molecule has 1 heterocycles. The Morgan fingerprint density at radius 1 is 1.24 bits per heavy atom. The van der Waals surface area contributed by atoms with E-state index in [2.05, 4.69) is 10.3 Å². The maximum absolute atomic E-state index is 15.6. The van der Waals surface area contributed by atoms with Crippen LogP contribution in [-0.2, 0) is 13.9 Å². The van der Waals surface area contributed by atoms with Crippen LogP contribution in [0.25, 0.3) is 0 Å². The Labute approximate surface area is 204 Å². The van der Waals surface area contributed by atoms with E-state index in [0.29, 0.717) is 0 Å². The van der Waals surface area contributed by atoms with Crippen LogP contribution in [0.15, 0.2) is 12.3 Å². The number of nitrogens with one attached hydrogen (secondary N) is 2. The zero-order valence-corrected chi connectivity index (χ0v) is 22.4. The highest BCUT2D eigenvalue weighted by Gasteiger charge is 2.51. The number of rotatable bonds is 10. The topological polar surface area (TPSA) is 92.9 Å². The minimum absolute atomic E-state index is 0.00330.